The van der Waals surface area contributed by atoms with Crippen molar-refractivity contribution in [2.75, 3.05) is 26.2 Å². The molecule has 186 valence electrons. The van der Waals surface area contributed by atoms with Gasteiger partial charge in [-0.2, -0.15) is 0 Å². The second-order valence-electron chi connectivity index (χ2n) is 7.96. The van der Waals surface area contributed by atoms with E-state index in [-0.39, 0.29) is 26.0 Å². The molecule has 1 aliphatic heterocycles. The van der Waals surface area contributed by atoms with Gasteiger partial charge < -0.3 is 26.0 Å². The lowest BCUT2D eigenvalue weighted by Gasteiger charge is -2.27. The average molecular weight is 484 g/mol. The molecule has 1 fully saturated rings. The summed E-state index contributed by atoms with van der Waals surface area (Å²) >= 11 is 0. The maximum absolute atomic E-state index is 13.1. The van der Waals surface area contributed by atoms with Gasteiger partial charge in [0.2, 0.25) is 23.6 Å². The van der Waals surface area contributed by atoms with Crippen LogP contribution >= 0.6 is 0 Å². The van der Waals surface area contributed by atoms with Crippen LogP contribution in [-0.2, 0) is 25.6 Å². The number of amides is 4. The van der Waals surface area contributed by atoms with Gasteiger partial charge in [0.15, 0.2) is 0 Å². The van der Waals surface area contributed by atoms with Crippen molar-refractivity contribution in [1.82, 2.24) is 20.9 Å². The first-order valence-corrected chi connectivity index (χ1v) is 11.2. The predicted molar refractivity (Wildman–Crippen MR) is 126 cm³/mol. The third-order valence-electron chi connectivity index (χ3n) is 5.44. The van der Waals surface area contributed by atoms with Crippen LogP contribution in [0.4, 0.5) is 0 Å². The molecular weight excluding hydrogens is 454 g/mol. The van der Waals surface area contributed by atoms with Crippen LogP contribution in [0.15, 0.2) is 35.4 Å². The molecule has 0 aromatic heterocycles. The monoisotopic (exact) mass is 483 g/mol. The SMILES string of the molecule is C#CCC(CO)NC(=O)C(Cc1ccccc1)NC(=O)C1CCCN1C(=O)CNC(=O)CN=[N+]=[N-]. The fourth-order valence-corrected chi connectivity index (χ4v) is 3.70. The number of likely N-dealkylation sites (tertiary alicyclic amines) is 1. The van der Waals surface area contributed by atoms with Crippen LogP contribution in [0, 0.1) is 12.3 Å². The molecule has 4 amide bonds. The van der Waals surface area contributed by atoms with Crippen LogP contribution < -0.4 is 16.0 Å². The highest BCUT2D eigenvalue weighted by atomic mass is 16.3. The average Bonchev–Trinajstić information content (AvgIpc) is 3.36. The molecule has 1 saturated heterocycles. The Morgan fingerprint density at radius 2 is 2.00 bits per heavy atom. The van der Waals surface area contributed by atoms with Crippen molar-refractivity contribution >= 4 is 23.6 Å². The van der Waals surface area contributed by atoms with E-state index in [0.29, 0.717) is 19.4 Å². The fourth-order valence-electron chi connectivity index (χ4n) is 3.70. The zero-order valence-corrected chi connectivity index (χ0v) is 19.2. The minimum Gasteiger partial charge on any atom is -0.394 e. The van der Waals surface area contributed by atoms with Crippen LogP contribution in [0.3, 0.4) is 0 Å². The normalized spacial score (nSPS) is 16.2. The maximum Gasteiger partial charge on any atom is 0.243 e. The minimum absolute atomic E-state index is 0.130. The number of hydrogen-bond acceptors (Lipinski definition) is 6. The predicted octanol–water partition coefficient (Wildman–Crippen LogP) is -0.368. The number of aliphatic hydroxyl groups excluding tert-OH is 1. The molecule has 2 rings (SSSR count). The molecule has 0 saturated carbocycles. The van der Waals surface area contributed by atoms with Crippen molar-refractivity contribution in [2.24, 2.45) is 5.11 Å². The van der Waals surface area contributed by atoms with Gasteiger partial charge in [0.05, 0.1) is 19.2 Å². The van der Waals surface area contributed by atoms with Gasteiger partial charge in [0.25, 0.3) is 0 Å². The Balaban J connectivity index is 2.08. The van der Waals surface area contributed by atoms with E-state index >= 15 is 0 Å². The van der Waals surface area contributed by atoms with Gasteiger partial charge in [-0.05, 0) is 23.9 Å². The number of nitrogens with zero attached hydrogens (tertiary/aromatic N) is 4. The van der Waals surface area contributed by atoms with E-state index in [2.05, 4.69) is 31.9 Å². The van der Waals surface area contributed by atoms with Crippen LogP contribution in [0.25, 0.3) is 10.4 Å². The standard InChI is InChI=1S/C23H29N7O5/c1-2-7-17(15-31)27-22(34)18(12-16-8-4-3-5-9-16)28-23(35)19-10-6-11-30(19)21(33)14-25-20(32)13-26-29-24/h1,3-5,8-9,17-19,31H,6-7,10-15H2,(H,25,32)(H,27,34)(H,28,35). The van der Waals surface area contributed by atoms with Crippen molar-refractivity contribution in [3.8, 4) is 12.3 Å². The summed E-state index contributed by atoms with van der Waals surface area (Å²) in [5, 5.41) is 20.3. The molecule has 0 aliphatic carbocycles. The number of hydrogen-bond donors (Lipinski definition) is 4. The molecule has 1 aliphatic rings. The fraction of sp³-hybridized carbons (Fsp3) is 0.478. The second kappa shape index (κ2) is 14.2. The lowest BCUT2D eigenvalue weighted by Crippen LogP contribution is -2.56. The van der Waals surface area contributed by atoms with Crippen molar-refractivity contribution in [3.63, 3.8) is 0 Å². The Morgan fingerprint density at radius 1 is 1.26 bits per heavy atom. The number of azide groups is 1. The molecular formula is C23H29N7O5. The number of aliphatic hydroxyl groups is 1. The smallest absolute Gasteiger partial charge is 0.243 e. The summed E-state index contributed by atoms with van der Waals surface area (Å²) in [6.45, 7) is -0.800. The molecule has 12 nitrogen and oxygen atoms in total. The number of benzene rings is 1. The summed E-state index contributed by atoms with van der Waals surface area (Å²) in [4.78, 5) is 54.1. The van der Waals surface area contributed by atoms with E-state index in [1.54, 1.807) is 0 Å². The summed E-state index contributed by atoms with van der Waals surface area (Å²) < 4.78 is 0. The number of carbonyl (C=O) groups excluding carboxylic acids is 4. The summed E-state index contributed by atoms with van der Waals surface area (Å²) in [6, 6.07) is 6.69. The van der Waals surface area contributed by atoms with E-state index in [1.165, 1.54) is 4.90 Å². The summed E-state index contributed by atoms with van der Waals surface area (Å²) in [6.07, 6.45) is 6.60. The number of carbonyl (C=O) groups is 4. The van der Waals surface area contributed by atoms with Gasteiger partial charge >= 0.3 is 0 Å². The van der Waals surface area contributed by atoms with Gasteiger partial charge in [-0.25, -0.2) is 0 Å². The highest BCUT2D eigenvalue weighted by Gasteiger charge is 2.36. The summed E-state index contributed by atoms with van der Waals surface area (Å²) in [5.41, 5.74) is 9.08. The molecule has 0 radical (unpaired) electrons. The first-order chi connectivity index (χ1) is 16.9. The Hall–Kier alpha value is -4.07. The highest BCUT2D eigenvalue weighted by Crippen LogP contribution is 2.18. The van der Waals surface area contributed by atoms with Crippen molar-refractivity contribution < 1.29 is 24.3 Å². The lowest BCUT2D eigenvalue weighted by atomic mass is 10.0. The van der Waals surface area contributed by atoms with Gasteiger partial charge in [-0.15, -0.1) is 12.3 Å². The molecule has 12 heteroatoms. The van der Waals surface area contributed by atoms with Gasteiger partial charge in [0, 0.05) is 24.3 Å². The third-order valence-corrected chi connectivity index (χ3v) is 5.44. The van der Waals surface area contributed by atoms with Crippen LogP contribution in [0.2, 0.25) is 0 Å². The summed E-state index contributed by atoms with van der Waals surface area (Å²) in [5.74, 6) is 0.318. The number of terminal acetylenes is 1. The summed E-state index contributed by atoms with van der Waals surface area (Å²) in [7, 11) is 0. The van der Waals surface area contributed by atoms with E-state index < -0.39 is 48.3 Å². The van der Waals surface area contributed by atoms with Gasteiger partial charge in [-0.1, -0.05) is 35.4 Å². The van der Waals surface area contributed by atoms with E-state index in [9.17, 15) is 24.3 Å². The maximum atomic E-state index is 13.1. The Kier molecular flexibility index (Phi) is 11.1. The minimum atomic E-state index is -0.960. The molecule has 1 aromatic rings. The first-order valence-electron chi connectivity index (χ1n) is 11.2. The van der Waals surface area contributed by atoms with Crippen molar-refractivity contribution in [1.29, 1.82) is 0 Å². The molecule has 1 heterocycles. The zero-order valence-electron chi connectivity index (χ0n) is 19.2. The zero-order chi connectivity index (χ0) is 25.6. The van der Waals surface area contributed by atoms with Crippen LogP contribution in [0.5, 0.6) is 0 Å². The van der Waals surface area contributed by atoms with Gasteiger partial charge in [0.1, 0.15) is 18.6 Å². The highest BCUT2D eigenvalue weighted by molar-refractivity contribution is 5.93. The van der Waals surface area contributed by atoms with E-state index in [0.717, 1.165) is 5.56 Å². The van der Waals surface area contributed by atoms with Crippen LogP contribution in [0.1, 0.15) is 24.8 Å². The third kappa shape index (κ3) is 8.66. The van der Waals surface area contributed by atoms with Crippen molar-refractivity contribution in [3.05, 3.63) is 46.3 Å². The molecule has 35 heavy (non-hydrogen) atoms. The van der Waals surface area contributed by atoms with Crippen molar-refractivity contribution in [2.45, 2.75) is 43.8 Å². The molecule has 4 N–H and O–H groups in total. The molecule has 0 spiro atoms. The van der Waals surface area contributed by atoms with Crippen LogP contribution in [-0.4, -0.2) is 78.0 Å². The van der Waals surface area contributed by atoms with Gasteiger partial charge in [-0.3, -0.25) is 19.2 Å². The molecule has 3 unspecified atom stereocenters. The Labute approximate surface area is 203 Å². The lowest BCUT2D eigenvalue weighted by molar-refractivity contribution is -0.139. The Morgan fingerprint density at radius 3 is 2.66 bits per heavy atom. The Bertz CT molecular complexity index is 988. The number of nitrogens with one attached hydrogen (secondary N) is 3. The molecule has 1 aromatic carbocycles. The molecule has 0 bridgehead atoms. The largest absolute Gasteiger partial charge is 0.394 e. The quantitative estimate of drug-likeness (QED) is 0.137. The van der Waals surface area contributed by atoms with E-state index in [1.807, 2.05) is 30.3 Å². The van der Waals surface area contributed by atoms with E-state index in [4.69, 9.17) is 12.0 Å². The number of rotatable bonds is 12. The topological polar surface area (TPSA) is 177 Å². The first kappa shape index (κ1) is 27.2. The second-order valence-corrected chi connectivity index (χ2v) is 7.96. The molecule has 3 atom stereocenters.